The lowest BCUT2D eigenvalue weighted by atomic mass is 9.62. The van der Waals surface area contributed by atoms with Crippen LogP contribution in [0.3, 0.4) is 0 Å². The molecule has 4 rings (SSSR count). The van der Waals surface area contributed by atoms with Gasteiger partial charge in [-0.25, -0.2) is 4.85 Å². The quantitative estimate of drug-likeness (QED) is 0.796. The third kappa shape index (κ3) is 2.56. The monoisotopic (exact) mass is 311 g/mol. The molecule has 2 heterocycles. The molecule has 2 unspecified atom stereocenters. The third-order valence-corrected chi connectivity index (χ3v) is 6.13. The number of pyridine rings is 1. The van der Waals surface area contributed by atoms with Crippen LogP contribution in [0.5, 0.6) is 0 Å². The molecule has 4 nitrogen and oxygen atoms in total. The van der Waals surface area contributed by atoms with Crippen molar-refractivity contribution >= 4 is 5.69 Å². The van der Waals surface area contributed by atoms with E-state index in [1.54, 1.807) is 6.20 Å². The van der Waals surface area contributed by atoms with Crippen molar-refractivity contribution in [2.75, 3.05) is 26.7 Å². The SMILES string of the molecule is [C-]#[N+]c1cncc(C2(OC)C3CCCC2CN(CC2CC2)C3)c1. The summed E-state index contributed by atoms with van der Waals surface area (Å²) in [5, 5.41) is 0. The first-order valence-corrected chi connectivity index (χ1v) is 8.86. The van der Waals surface area contributed by atoms with E-state index in [1.807, 2.05) is 19.4 Å². The smallest absolute Gasteiger partial charge is 0.205 e. The van der Waals surface area contributed by atoms with Crippen LogP contribution >= 0.6 is 0 Å². The molecule has 0 amide bonds. The summed E-state index contributed by atoms with van der Waals surface area (Å²) in [6.45, 7) is 10.8. The maximum atomic E-state index is 7.29. The molecule has 2 atom stereocenters. The highest BCUT2D eigenvalue weighted by Crippen LogP contribution is 2.52. The second-order valence-corrected chi connectivity index (χ2v) is 7.53. The number of fused-ring (bicyclic) bond motifs is 2. The Kier molecular flexibility index (Phi) is 3.87. The minimum Gasteiger partial charge on any atom is -0.373 e. The Morgan fingerprint density at radius 1 is 1.26 bits per heavy atom. The molecule has 0 radical (unpaired) electrons. The van der Waals surface area contributed by atoms with Gasteiger partial charge >= 0.3 is 0 Å². The van der Waals surface area contributed by atoms with Gasteiger partial charge in [0.05, 0.1) is 6.57 Å². The van der Waals surface area contributed by atoms with E-state index in [0.29, 0.717) is 17.5 Å². The molecule has 2 aliphatic carbocycles. The number of ether oxygens (including phenoxy) is 1. The lowest BCUT2D eigenvalue weighted by molar-refractivity contribution is -0.169. The molecule has 1 aliphatic heterocycles. The van der Waals surface area contributed by atoms with E-state index in [2.05, 4.69) is 14.7 Å². The molecule has 3 aliphatic rings. The van der Waals surface area contributed by atoms with E-state index >= 15 is 0 Å². The van der Waals surface area contributed by atoms with Crippen LogP contribution in [0.25, 0.3) is 4.85 Å². The van der Waals surface area contributed by atoms with E-state index in [4.69, 9.17) is 11.3 Å². The Balaban J connectivity index is 1.67. The summed E-state index contributed by atoms with van der Waals surface area (Å²) < 4.78 is 6.23. The molecule has 3 fully saturated rings. The third-order valence-electron chi connectivity index (χ3n) is 6.13. The molecule has 1 aromatic heterocycles. The predicted octanol–water partition coefficient (Wildman–Crippen LogP) is 3.62. The van der Waals surface area contributed by atoms with Crippen molar-refractivity contribution in [3.63, 3.8) is 0 Å². The van der Waals surface area contributed by atoms with Crippen LogP contribution in [0.1, 0.15) is 37.7 Å². The summed E-state index contributed by atoms with van der Waals surface area (Å²) in [5.74, 6) is 1.97. The predicted molar refractivity (Wildman–Crippen MR) is 89.2 cm³/mol. The molecular weight excluding hydrogens is 286 g/mol. The normalized spacial score (nSPS) is 34.1. The maximum absolute atomic E-state index is 7.29. The first-order valence-electron chi connectivity index (χ1n) is 8.86. The number of piperidine rings is 1. The van der Waals surface area contributed by atoms with Crippen LogP contribution < -0.4 is 0 Å². The highest BCUT2D eigenvalue weighted by Gasteiger charge is 2.53. The molecule has 4 heteroatoms. The van der Waals surface area contributed by atoms with E-state index in [1.165, 1.54) is 38.6 Å². The molecule has 1 saturated heterocycles. The second kappa shape index (κ2) is 5.89. The van der Waals surface area contributed by atoms with Gasteiger partial charge in [0, 0.05) is 51.0 Å². The van der Waals surface area contributed by atoms with Gasteiger partial charge in [0.1, 0.15) is 5.60 Å². The molecule has 122 valence electrons. The lowest BCUT2D eigenvalue weighted by Gasteiger charge is -2.55. The fraction of sp³-hybridized carbons (Fsp3) is 0.684. The van der Waals surface area contributed by atoms with Gasteiger partial charge in [0.2, 0.25) is 5.69 Å². The van der Waals surface area contributed by atoms with Crippen molar-refractivity contribution in [3.8, 4) is 0 Å². The Bertz CT molecular complexity index is 605. The Labute approximate surface area is 138 Å². The number of aromatic nitrogens is 1. The van der Waals surface area contributed by atoms with Crippen LogP contribution in [-0.2, 0) is 10.3 Å². The topological polar surface area (TPSA) is 29.7 Å². The van der Waals surface area contributed by atoms with Crippen LogP contribution in [-0.4, -0.2) is 36.6 Å². The standard InChI is InChI=1S/C19H25N3O/c1-20-18-8-17(9-21-10-18)19(23-2)15-4-3-5-16(19)13-22(12-15)11-14-6-7-14/h8-10,14-16H,3-7,11-13H2,2H3. The summed E-state index contributed by atoms with van der Waals surface area (Å²) in [6, 6.07) is 2.01. The van der Waals surface area contributed by atoms with Crippen molar-refractivity contribution in [2.24, 2.45) is 17.8 Å². The molecule has 2 saturated carbocycles. The lowest BCUT2D eigenvalue weighted by Crippen LogP contribution is -2.59. The molecule has 1 aromatic rings. The molecule has 0 spiro atoms. The van der Waals surface area contributed by atoms with Crippen molar-refractivity contribution in [2.45, 2.75) is 37.7 Å². The van der Waals surface area contributed by atoms with Gasteiger partial charge in [-0.05, 0) is 43.2 Å². The zero-order valence-corrected chi connectivity index (χ0v) is 13.9. The zero-order chi connectivity index (χ0) is 15.9. The highest BCUT2D eigenvalue weighted by molar-refractivity contribution is 5.46. The van der Waals surface area contributed by atoms with E-state index in [-0.39, 0.29) is 5.60 Å². The number of rotatable bonds is 4. The average molecular weight is 311 g/mol. The second-order valence-electron chi connectivity index (χ2n) is 7.53. The highest BCUT2D eigenvalue weighted by atomic mass is 16.5. The van der Waals surface area contributed by atoms with E-state index < -0.39 is 0 Å². The van der Waals surface area contributed by atoms with Crippen molar-refractivity contribution < 1.29 is 4.74 Å². The number of nitrogens with zero attached hydrogens (tertiary/aromatic N) is 3. The number of hydrogen-bond acceptors (Lipinski definition) is 3. The van der Waals surface area contributed by atoms with Crippen molar-refractivity contribution in [1.29, 1.82) is 0 Å². The van der Waals surface area contributed by atoms with Gasteiger partial charge in [0.25, 0.3) is 0 Å². The summed E-state index contributed by atoms with van der Waals surface area (Å²) >= 11 is 0. The Morgan fingerprint density at radius 3 is 2.61 bits per heavy atom. The van der Waals surface area contributed by atoms with E-state index in [9.17, 15) is 0 Å². The summed E-state index contributed by atoms with van der Waals surface area (Å²) in [5.41, 5.74) is 1.50. The van der Waals surface area contributed by atoms with Crippen molar-refractivity contribution in [1.82, 2.24) is 9.88 Å². The van der Waals surface area contributed by atoms with Crippen LogP contribution in [0, 0.1) is 24.3 Å². The van der Waals surface area contributed by atoms with Gasteiger partial charge in [-0.3, -0.25) is 4.98 Å². The van der Waals surface area contributed by atoms with Gasteiger partial charge in [-0.1, -0.05) is 6.42 Å². The molecule has 0 aromatic carbocycles. The summed E-state index contributed by atoms with van der Waals surface area (Å²) in [6.07, 6.45) is 10.1. The molecule has 0 N–H and O–H groups in total. The number of hydrogen-bond donors (Lipinski definition) is 0. The van der Waals surface area contributed by atoms with Crippen LogP contribution in [0.4, 0.5) is 5.69 Å². The van der Waals surface area contributed by atoms with Gasteiger partial charge in [0.15, 0.2) is 0 Å². The van der Waals surface area contributed by atoms with Crippen LogP contribution in [0.15, 0.2) is 18.5 Å². The molecule has 23 heavy (non-hydrogen) atoms. The summed E-state index contributed by atoms with van der Waals surface area (Å²) in [7, 11) is 1.85. The first kappa shape index (κ1) is 15.1. The minimum atomic E-state index is -0.244. The molecular formula is C19H25N3O. The van der Waals surface area contributed by atoms with Gasteiger partial charge in [-0.2, -0.15) is 0 Å². The molecule has 2 bridgehead atoms. The summed E-state index contributed by atoms with van der Waals surface area (Å²) in [4.78, 5) is 10.6. The number of methoxy groups -OCH3 is 1. The fourth-order valence-corrected chi connectivity index (χ4v) is 4.96. The Hall–Kier alpha value is -1.44. The first-order chi connectivity index (χ1) is 11.3. The maximum Gasteiger partial charge on any atom is 0.205 e. The largest absolute Gasteiger partial charge is 0.373 e. The van der Waals surface area contributed by atoms with Crippen molar-refractivity contribution in [3.05, 3.63) is 35.4 Å². The fourth-order valence-electron chi connectivity index (χ4n) is 4.96. The average Bonchev–Trinajstić information content (AvgIpc) is 3.38. The minimum absolute atomic E-state index is 0.244. The Morgan fingerprint density at radius 2 is 2.00 bits per heavy atom. The van der Waals surface area contributed by atoms with E-state index in [0.717, 1.165) is 24.6 Å². The van der Waals surface area contributed by atoms with Crippen LogP contribution in [0.2, 0.25) is 0 Å². The number of likely N-dealkylation sites (tertiary alicyclic amines) is 1. The van der Waals surface area contributed by atoms with Gasteiger partial charge in [-0.15, -0.1) is 0 Å². The zero-order valence-electron chi connectivity index (χ0n) is 13.9. The van der Waals surface area contributed by atoms with Gasteiger partial charge < -0.3 is 9.64 Å².